The third-order valence-corrected chi connectivity index (χ3v) is 9.51. The van der Waals surface area contributed by atoms with Crippen molar-refractivity contribution in [2.24, 2.45) is 17.3 Å². The first-order chi connectivity index (χ1) is 9.67. The molecule has 0 radical (unpaired) electrons. The lowest BCUT2D eigenvalue weighted by molar-refractivity contribution is 0.268. The van der Waals surface area contributed by atoms with Crippen molar-refractivity contribution in [3.05, 3.63) is 0 Å². The highest BCUT2D eigenvalue weighted by molar-refractivity contribution is 8.17. The predicted octanol–water partition coefficient (Wildman–Crippen LogP) is 6.60. The molecule has 1 aliphatic heterocycles. The summed E-state index contributed by atoms with van der Waals surface area (Å²) >= 11 is 4.57. The minimum absolute atomic E-state index is 0.614. The van der Waals surface area contributed by atoms with Gasteiger partial charge in [-0.3, -0.25) is 0 Å². The van der Waals surface area contributed by atoms with Crippen LogP contribution in [0.25, 0.3) is 0 Å². The van der Waals surface area contributed by atoms with Gasteiger partial charge in [-0.25, -0.2) is 0 Å². The monoisotopic (exact) mass is 314 g/mol. The van der Waals surface area contributed by atoms with Crippen molar-refractivity contribution in [1.82, 2.24) is 0 Å². The van der Waals surface area contributed by atoms with Crippen LogP contribution in [0.4, 0.5) is 0 Å². The third-order valence-electron chi connectivity index (χ3n) is 5.54. The number of thioether (sulfide) groups is 2. The Balaban J connectivity index is 1.67. The van der Waals surface area contributed by atoms with Gasteiger partial charge < -0.3 is 0 Å². The first kappa shape index (κ1) is 17.1. The van der Waals surface area contributed by atoms with Gasteiger partial charge in [0.2, 0.25) is 0 Å². The van der Waals surface area contributed by atoms with Crippen molar-refractivity contribution in [3.8, 4) is 0 Å². The van der Waals surface area contributed by atoms with Crippen molar-refractivity contribution < 1.29 is 0 Å². The van der Waals surface area contributed by atoms with E-state index in [1.165, 1.54) is 69.3 Å². The Morgan fingerprint density at radius 1 is 0.950 bits per heavy atom. The minimum atomic E-state index is 0.614. The molecule has 0 N–H and O–H groups in total. The zero-order chi connectivity index (χ0) is 14.4. The summed E-state index contributed by atoms with van der Waals surface area (Å²) in [6.07, 6.45) is 13.3. The van der Waals surface area contributed by atoms with E-state index in [0.29, 0.717) is 5.41 Å². The molecule has 0 bridgehead atoms. The van der Waals surface area contributed by atoms with Gasteiger partial charge in [-0.1, -0.05) is 59.3 Å². The van der Waals surface area contributed by atoms with Crippen LogP contribution in [-0.4, -0.2) is 16.1 Å². The van der Waals surface area contributed by atoms with Crippen molar-refractivity contribution in [2.45, 2.75) is 83.1 Å². The summed E-state index contributed by atoms with van der Waals surface area (Å²) in [6, 6.07) is 0. The van der Waals surface area contributed by atoms with Gasteiger partial charge in [-0.15, -0.1) is 23.5 Å². The van der Waals surface area contributed by atoms with Crippen LogP contribution in [0.2, 0.25) is 0 Å². The third kappa shape index (κ3) is 4.87. The molecule has 0 aromatic rings. The van der Waals surface area contributed by atoms with Gasteiger partial charge in [0, 0.05) is 11.5 Å². The second-order valence-corrected chi connectivity index (χ2v) is 9.99. The summed E-state index contributed by atoms with van der Waals surface area (Å²) in [5, 5.41) is 0. The van der Waals surface area contributed by atoms with E-state index in [2.05, 4.69) is 44.3 Å². The Morgan fingerprint density at radius 2 is 1.60 bits per heavy atom. The molecule has 0 spiro atoms. The first-order valence-corrected chi connectivity index (χ1v) is 11.0. The molecule has 1 heterocycles. The Kier molecular flexibility index (Phi) is 7.13. The van der Waals surface area contributed by atoms with E-state index >= 15 is 0 Å². The molecular formula is C18H34S2. The molecule has 1 aliphatic carbocycles. The molecule has 118 valence electrons. The van der Waals surface area contributed by atoms with Crippen molar-refractivity contribution in [2.75, 3.05) is 11.5 Å². The standard InChI is InChI=1S/C18H34S2/c1-4-6-7-8-15-9-11-16(12-10-15)17-19-13-18(3,5-2)14-20-17/h15-17H,4-14H2,1-3H3. The molecule has 0 amide bonds. The molecule has 0 aromatic carbocycles. The molecule has 2 heteroatoms. The van der Waals surface area contributed by atoms with E-state index < -0.39 is 0 Å². The molecule has 1 saturated heterocycles. The highest BCUT2D eigenvalue weighted by Crippen LogP contribution is 2.49. The minimum Gasteiger partial charge on any atom is -0.147 e. The molecule has 0 atom stereocenters. The second-order valence-electron chi connectivity index (χ2n) is 7.43. The molecular weight excluding hydrogens is 280 g/mol. The smallest absolute Gasteiger partial charge is 0.0531 e. The van der Waals surface area contributed by atoms with E-state index in [4.69, 9.17) is 0 Å². The van der Waals surface area contributed by atoms with Gasteiger partial charge in [0.25, 0.3) is 0 Å². The lowest BCUT2D eigenvalue weighted by Gasteiger charge is -2.41. The largest absolute Gasteiger partial charge is 0.147 e. The molecule has 2 fully saturated rings. The highest BCUT2D eigenvalue weighted by atomic mass is 32.2. The molecule has 0 unspecified atom stereocenters. The Bertz CT molecular complexity index is 261. The Labute approximate surface area is 135 Å². The lowest BCUT2D eigenvalue weighted by Crippen LogP contribution is -2.32. The maximum atomic E-state index is 2.48. The van der Waals surface area contributed by atoms with Crippen LogP contribution in [0.5, 0.6) is 0 Å². The zero-order valence-electron chi connectivity index (χ0n) is 13.8. The van der Waals surface area contributed by atoms with E-state index in [1.807, 2.05) is 0 Å². The van der Waals surface area contributed by atoms with Crippen LogP contribution in [0.1, 0.15) is 78.6 Å². The van der Waals surface area contributed by atoms with E-state index in [9.17, 15) is 0 Å². The fourth-order valence-electron chi connectivity index (χ4n) is 3.56. The molecule has 1 saturated carbocycles. The van der Waals surface area contributed by atoms with Crippen LogP contribution in [0.3, 0.4) is 0 Å². The van der Waals surface area contributed by atoms with Gasteiger partial charge in [-0.2, -0.15) is 0 Å². The molecule has 0 nitrogen and oxygen atoms in total. The highest BCUT2D eigenvalue weighted by Gasteiger charge is 2.35. The lowest BCUT2D eigenvalue weighted by atomic mass is 9.80. The maximum absolute atomic E-state index is 2.48. The zero-order valence-corrected chi connectivity index (χ0v) is 15.5. The SMILES string of the molecule is CCCCCC1CCC(C2SCC(C)(CC)CS2)CC1. The second kappa shape index (κ2) is 8.36. The van der Waals surface area contributed by atoms with Crippen LogP contribution < -0.4 is 0 Å². The number of rotatable bonds is 6. The quantitative estimate of drug-likeness (QED) is 0.507. The van der Waals surface area contributed by atoms with Gasteiger partial charge >= 0.3 is 0 Å². The average Bonchev–Trinajstić information content (AvgIpc) is 2.49. The Morgan fingerprint density at radius 3 is 2.15 bits per heavy atom. The number of unbranched alkanes of at least 4 members (excludes halogenated alkanes) is 2. The topological polar surface area (TPSA) is 0 Å². The van der Waals surface area contributed by atoms with Crippen molar-refractivity contribution in [1.29, 1.82) is 0 Å². The fourth-order valence-corrected chi connectivity index (χ4v) is 7.32. The fraction of sp³-hybridized carbons (Fsp3) is 1.00. The number of hydrogen-bond acceptors (Lipinski definition) is 2. The van der Waals surface area contributed by atoms with Crippen molar-refractivity contribution >= 4 is 23.5 Å². The van der Waals surface area contributed by atoms with Crippen LogP contribution >= 0.6 is 23.5 Å². The van der Waals surface area contributed by atoms with Crippen molar-refractivity contribution in [3.63, 3.8) is 0 Å². The van der Waals surface area contributed by atoms with Gasteiger partial charge in [-0.05, 0) is 36.5 Å². The summed E-state index contributed by atoms with van der Waals surface area (Å²) < 4.78 is 0.922. The predicted molar refractivity (Wildman–Crippen MR) is 96.7 cm³/mol. The Hall–Kier alpha value is 0.700. The maximum Gasteiger partial charge on any atom is 0.0531 e. The molecule has 20 heavy (non-hydrogen) atoms. The average molecular weight is 315 g/mol. The van der Waals surface area contributed by atoms with Crippen LogP contribution in [0, 0.1) is 17.3 Å². The molecule has 0 aromatic heterocycles. The van der Waals surface area contributed by atoms with Crippen LogP contribution in [-0.2, 0) is 0 Å². The van der Waals surface area contributed by atoms with E-state index in [-0.39, 0.29) is 0 Å². The molecule has 2 rings (SSSR count). The van der Waals surface area contributed by atoms with Gasteiger partial charge in [0.1, 0.15) is 0 Å². The first-order valence-electron chi connectivity index (χ1n) is 8.90. The summed E-state index contributed by atoms with van der Waals surface area (Å²) in [5.74, 6) is 4.89. The summed E-state index contributed by atoms with van der Waals surface area (Å²) in [5.41, 5.74) is 0.614. The summed E-state index contributed by atoms with van der Waals surface area (Å²) in [4.78, 5) is 0. The van der Waals surface area contributed by atoms with E-state index in [1.54, 1.807) is 0 Å². The van der Waals surface area contributed by atoms with E-state index in [0.717, 1.165) is 16.4 Å². The summed E-state index contributed by atoms with van der Waals surface area (Å²) in [6.45, 7) is 7.16. The van der Waals surface area contributed by atoms with Gasteiger partial charge in [0.15, 0.2) is 0 Å². The van der Waals surface area contributed by atoms with Gasteiger partial charge in [0.05, 0.1) is 4.58 Å². The molecule has 2 aliphatic rings. The number of hydrogen-bond donors (Lipinski definition) is 0. The normalized spacial score (nSPS) is 38.9. The summed E-state index contributed by atoms with van der Waals surface area (Å²) in [7, 11) is 0. The van der Waals surface area contributed by atoms with Crippen LogP contribution in [0.15, 0.2) is 0 Å².